The number of carbonyl (C=O) groups is 4. The molecule has 0 aromatic heterocycles. The van der Waals surface area contributed by atoms with Gasteiger partial charge < -0.3 is 24.3 Å². The highest BCUT2D eigenvalue weighted by atomic mass is 79.9. The molecule has 10 nitrogen and oxygen atoms in total. The predicted molar refractivity (Wildman–Crippen MR) is 137 cm³/mol. The van der Waals surface area contributed by atoms with Crippen molar-refractivity contribution >= 4 is 62.5 Å². The third-order valence-electron chi connectivity index (χ3n) is 4.77. The maximum atomic E-state index is 12.9. The quantitative estimate of drug-likeness (QED) is 0.328. The number of ether oxygens (including phenoxy) is 4. The van der Waals surface area contributed by atoms with Crippen molar-refractivity contribution in [3.05, 3.63) is 51.3 Å². The lowest BCUT2D eigenvalue weighted by Crippen LogP contribution is -2.36. The molecule has 0 saturated carbocycles. The Kier molecular flexibility index (Phi) is 9.37. The second-order valence-corrected chi connectivity index (χ2v) is 9.01. The largest absolute Gasteiger partial charge is 0.497 e. The molecular weight excluding hydrogens is 556 g/mol. The number of carbonyl (C=O) groups excluding carboxylic acids is 4. The molecular formula is C24H23BrN2O8S. The highest BCUT2D eigenvalue weighted by molar-refractivity contribution is 9.10. The summed E-state index contributed by atoms with van der Waals surface area (Å²) < 4.78 is 21.3. The smallest absolute Gasteiger partial charge is 0.343 e. The molecule has 190 valence electrons. The van der Waals surface area contributed by atoms with Gasteiger partial charge in [-0.05, 0) is 66.7 Å². The van der Waals surface area contributed by atoms with Crippen LogP contribution >= 0.6 is 27.7 Å². The zero-order chi connectivity index (χ0) is 26.2. The minimum atomic E-state index is -0.592. The lowest BCUT2D eigenvalue weighted by Gasteiger charge is -2.14. The number of rotatable bonds is 10. The standard InChI is InChI=1S/C24H23BrN2O8S/c1-4-34-18-9-14(17(25)11-19(18)35-13-22(29)33-3)10-20-23(30)27(24(31)36-20)12-21(28)26-15-5-7-16(32-2)8-6-15/h5-11H,4,12-13H2,1-3H3,(H,26,28)/b20-10+. The molecule has 0 spiro atoms. The summed E-state index contributed by atoms with van der Waals surface area (Å²) in [5.41, 5.74) is 1.04. The number of nitrogens with zero attached hydrogens (tertiary/aromatic N) is 1. The van der Waals surface area contributed by atoms with E-state index in [2.05, 4.69) is 26.0 Å². The number of halogens is 1. The van der Waals surface area contributed by atoms with Crippen LogP contribution in [-0.2, 0) is 19.1 Å². The summed E-state index contributed by atoms with van der Waals surface area (Å²) in [6, 6.07) is 9.86. The molecule has 36 heavy (non-hydrogen) atoms. The number of esters is 1. The molecule has 0 aliphatic carbocycles. The van der Waals surface area contributed by atoms with Crippen LogP contribution in [0.25, 0.3) is 6.08 Å². The highest BCUT2D eigenvalue weighted by Gasteiger charge is 2.36. The van der Waals surface area contributed by atoms with E-state index in [0.29, 0.717) is 39.6 Å². The van der Waals surface area contributed by atoms with Crippen molar-refractivity contribution in [2.24, 2.45) is 0 Å². The van der Waals surface area contributed by atoms with E-state index >= 15 is 0 Å². The van der Waals surface area contributed by atoms with E-state index in [0.717, 1.165) is 16.7 Å². The SMILES string of the molecule is CCOc1cc(/C=C2/SC(=O)N(CC(=O)Nc3ccc(OC)cc3)C2=O)c(Br)cc1OCC(=O)OC. The Balaban J connectivity index is 1.74. The van der Waals surface area contributed by atoms with Crippen molar-refractivity contribution in [2.75, 3.05) is 39.3 Å². The number of amides is 3. The Morgan fingerprint density at radius 1 is 1.08 bits per heavy atom. The number of thioether (sulfide) groups is 1. The van der Waals surface area contributed by atoms with Crippen molar-refractivity contribution in [3.8, 4) is 17.2 Å². The number of benzene rings is 2. The van der Waals surface area contributed by atoms with E-state index in [1.807, 2.05) is 0 Å². The third kappa shape index (κ3) is 6.79. The maximum absolute atomic E-state index is 12.9. The average Bonchev–Trinajstić information content (AvgIpc) is 3.12. The molecule has 12 heteroatoms. The Bertz CT molecular complexity index is 1200. The van der Waals surface area contributed by atoms with Crippen LogP contribution in [0.1, 0.15) is 12.5 Å². The summed E-state index contributed by atoms with van der Waals surface area (Å²) in [4.78, 5) is 50.2. The Hall–Kier alpha value is -3.51. The molecule has 0 bridgehead atoms. The molecule has 1 N–H and O–H groups in total. The van der Waals surface area contributed by atoms with Crippen molar-refractivity contribution < 1.29 is 38.1 Å². The first-order valence-electron chi connectivity index (χ1n) is 10.6. The molecule has 0 radical (unpaired) electrons. The van der Waals surface area contributed by atoms with Crippen LogP contribution in [0.4, 0.5) is 10.5 Å². The van der Waals surface area contributed by atoms with Gasteiger partial charge in [0.15, 0.2) is 18.1 Å². The molecule has 1 aliphatic rings. The van der Waals surface area contributed by atoms with Gasteiger partial charge in [-0.15, -0.1) is 0 Å². The topological polar surface area (TPSA) is 120 Å². The number of hydrogen-bond acceptors (Lipinski definition) is 9. The van der Waals surface area contributed by atoms with Crippen LogP contribution < -0.4 is 19.5 Å². The van der Waals surface area contributed by atoms with Gasteiger partial charge in [-0.2, -0.15) is 0 Å². The van der Waals surface area contributed by atoms with Crippen LogP contribution in [-0.4, -0.2) is 61.9 Å². The molecule has 1 aliphatic heterocycles. The Labute approximate surface area is 220 Å². The number of hydrogen-bond donors (Lipinski definition) is 1. The number of anilines is 1. The number of imide groups is 1. The van der Waals surface area contributed by atoms with Gasteiger partial charge in [0.05, 0.1) is 25.7 Å². The van der Waals surface area contributed by atoms with Gasteiger partial charge in [0.2, 0.25) is 5.91 Å². The summed E-state index contributed by atoms with van der Waals surface area (Å²) in [5.74, 6) is -0.391. The van der Waals surface area contributed by atoms with Crippen LogP contribution in [0.15, 0.2) is 45.8 Å². The van der Waals surface area contributed by atoms with Crippen LogP contribution in [0.3, 0.4) is 0 Å². The molecule has 2 aromatic carbocycles. The van der Waals surface area contributed by atoms with Gasteiger partial charge in [0.1, 0.15) is 12.3 Å². The van der Waals surface area contributed by atoms with Crippen molar-refractivity contribution in [1.29, 1.82) is 0 Å². The Morgan fingerprint density at radius 2 is 1.78 bits per heavy atom. The molecule has 3 rings (SSSR count). The second-order valence-electron chi connectivity index (χ2n) is 7.16. The highest BCUT2D eigenvalue weighted by Crippen LogP contribution is 2.38. The molecule has 0 atom stereocenters. The van der Waals surface area contributed by atoms with E-state index in [9.17, 15) is 19.2 Å². The summed E-state index contributed by atoms with van der Waals surface area (Å²) in [5, 5.41) is 2.09. The van der Waals surface area contributed by atoms with Gasteiger partial charge in [-0.25, -0.2) is 4.79 Å². The lowest BCUT2D eigenvalue weighted by atomic mass is 10.1. The van der Waals surface area contributed by atoms with Crippen LogP contribution in [0.5, 0.6) is 17.2 Å². The van der Waals surface area contributed by atoms with Crippen molar-refractivity contribution in [3.63, 3.8) is 0 Å². The van der Waals surface area contributed by atoms with Gasteiger partial charge >= 0.3 is 5.97 Å². The first-order valence-corrected chi connectivity index (χ1v) is 12.2. The van der Waals surface area contributed by atoms with E-state index in [1.54, 1.807) is 43.3 Å². The fourth-order valence-corrected chi connectivity index (χ4v) is 4.30. The first-order chi connectivity index (χ1) is 17.2. The average molecular weight is 579 g/mol. The molecule has 1 heterocycles. The summed E-state index contributed by atoms with van der Waals surface area (Å²) in [6.45, 7) is 1.38. The normalized spacial score (nSPS) is 14.1. The minimum absolute atomic E-state index is 0.142. The van der Waals surface area contributed by atoms with Crippen LogP contribution in [0, 0.1) is 0 Å². The van der Waals surface area contributed by atoms with Gasteiger partial charge in [-0.3, -0.25) is 19.3 Å². The molecule has 1 fully saturated rings. The molecule has 2 aromatic rings. The zero-order valence-corrected chi connectivity index (χ0v) is 22.1. The molecule has 3 amide bonds. The van der Waals surface area contributed by atoms with E-state index < -0.39 is 29.6 Å². The molecule has 1 saturated heterocycles. The van der Waals surface area contributed by atoms with Crippen molar-refractivity contribution in [2.45, 2.75) is 6.92 Å². The monoisotopic (exact) mass is 578 g/mol. The van der Waals surface area contributed by atoms with Gasteiger partial charge in [-0.1, -0.05) is 15.9 Å². The van der Waals surface area contributed by atoms with Gasteiger partial charge in [0.25, 0.3) is 11.1 Å². The Morgan fingerprint density at radius 3 is 2.42 bits per heavy atom. The second kappa shape index (κ2) is 12.5. The minimum Gasteiger partial charge on any atom is -0.497 e. The fraction of sp³-hybridized carbons (Fsp3) is 0.250. The van der Waals surface area contributed by atoms with E-state index in [1.165, 1.54) is 20.3 Å². The summed E-state index contributed by atoms with van der Waals surface area (Å²) >= 11 is 4.14. The zero-order valence-electron chi connectivity index (χ0n) is 19.7. The van der Waals surface area contributed by atoms with E-state index in [-0.39, 0.29) is 11.5 Å². The maximum Gasteiger partial charge on any atom is 0.343 e. The lowest BCUT2D eigenvalue weighted by molar-refractivity contribution is -0.143. The van der Waals surface area contributed by atoms with Crippen LogP contribution in [0.2, 0.25) is 0 Å². The van der Waals surface area contributed by atoms with Crippen molar-refractivity contribution in [1.82, 2.24) is 4.90 Å². The first kappa shape index (κ1) is 27.1. The number of nitrogens with one attached hydrogen (secondary N) is 1. The van der Waals surface area contributed by atoms with E-state index in [4.69, 9.17) is 14.2 Å². The van der Waals surface area contributed by atoms with Gasteiger partial charge in [0, 0.05) is 10.2 Å². The summed E-state index contributed by atoms with van der Waals surface area (Å²) in [6.07, 6.45) is 1.52. The number of methoxy groups -OCH3 is 2. The predicted octanol–water partition coefficient (Wildman–Crippen LogP) is 4.08. The molecule has 0 unspecified atom stereocenters. The fourth-order valence-electron chi connectivity index (χ4n) is 3.03. The summed E-state index contributed by atoms with van der Waals surface area (Å²) in [7, 11) is 2.79. The third-order valence-corrected chi connectivity index (χ3v) is 6.37.